The third-order valence-electron chi connectivity index (χ3n) is 10.4. The molecule has 12 nitrogen and oxygen atoms in total. The normalized spacial score (nSPS) is 18.7. The number of rotatable bonds is 13. The van der Waals surface area contributed by atoms with Gasteiger partial charge in [0.15, 0.2) is 0 Å². The van der Waals surface area contributed by atoms with E-state index in [2.05, 4.69) is 83.0 Å². The molecule has 12 heteroatoms. The number of imidazole rings is 2. The van der Waals surface area contributed by atoms with Crippen LogP contribution in [0.5, 0.6) is 0 Å². The van der Waals surface area contributed by atoms with Crippen LogP contribution < -0.4 is 10.6 Å². The second-order valence-electron chi connectivity index (χ2n) is 14.6. The van der Waals surface area contributed by atoms with Gasteiger partial charge in [-0.25, -0.2) is 9.97 Å². The lowest BCUT2D eigenvalue weighted by molar-refractivity contribution is -0.139. The van der Waals surface area contributed by atoms with Crippen LogP contribution in [0.25, 0.3) is 33.6 Å². The number of likely N-dealkylation sites (N-methyl/N-ethyl adjacent to an activating group) is 1. The Kier molecular flexibility index (Phi) is 11.6. The van der Waals surface area contributed by atoms with Gasteiger partial charge in [-0.1, -0.05) is 76.2 Å². The maximum absolute atomic E-state index is 13.6. The molecule has 0 saturated carbocycles. The molecule has 2 aromatic carbocycles. The van der Waals surface area contributed by atoms with Crippen molar-refractivity contribution < 1.29 is 19.1 Å². The van der Waals surface area contributed by atoms with Gasteiger partial charge in [0, 0.05) is 20.2 Å². The van der Waals surface area contributed by atoms with Crippen molar-refractivity contribution in [1.29, 1.82) is 0 Å². The molecular formula is C40H52N8O4. The Bertz CT molecular complexity index is 1830. The number of H-pyrrole nitrogens is 2. The number of carbonyl (C=O) groups excluding carboxylic acids is 3. The summed E-state index contributed by atoms with van der Waals surface area (Å²) >= 11 is 0. The van der Waals surface area contributed by atoms with Gasteiger partial charge >= 0.3 is 0 Å². The SMILES string of the molecule is CNC(C(=O)N1CCC[C@H]1c1ncc(-c2ccc(-c3ccc(-c4cnc([C@@H]5CCCN5C(=O)C(NC(=O)COC)C(C)C)[nH]4)cc3)cc2)[nH]1)C(C)C. The van der Waals surface area contributed by atoms with E-state index in [0.717, 1.165) is 77.5 Å². The van der Waals surface area contributed by atoms with E-state index < -0.39 is 6.04 Å². The first kappa shape index (κ1) is 37.0. The number of ether oxygens (including phenoxy) is 1. The van der Waals surface area contributed by atoms with Crippen LogP contribution in [0.15, 0.2) is 60.9 Å². The zero-order valence-corrected chi connectivity index (χ0v) is 31.1. The smallest absolute Gasteiger partial charge is 0.246 e. The average Bonchev–Trinajstić information content (AvgIpc) is 3.97. The van der Waals surface area contributed by atoms with Gasteiger partial charge in [0.05, 0.1) is 41.9 Å². The number of aromatic amines is 2. The second-order valence-corrected chi connectivity index (χ2v) is 14.6. The summed E-state index contributed by atoms with van der Waals surface area (Å²) < 4.78 is 4.95. The van der Waals surface area contributed by atoms with E-state index in [1.54, 1.807) is 0 Å². The van der Waals surface area contributed by atoms with Crippen molar-refractivity contribution in [2.24, 2.45) is 11.8 Å². The van der Waals surface area contributed by atoms with Gasteiger partial charge in [-0.05, 0) is 66.8 Å². The minimum Gasteiger partial charge on any atom is -0.375 e. The molecule has 2 saturated heterocycles. The number of benzene rings is 2. The van der Waals surface area contributed by atoms with Crippen molar-refractivity contribution in [1.82, 2.24) is 40.4 Å². The molecule has 2 fully saturated rings. The van der Waals surface area contributed by atoms with Crippen LogP contribution in [0.3, 0.4) is 0 Å². The molecule has 2 aromatic heterocycles. The van der Waals surface area contributed by atoms with Gasteiger partial charge in [0.2, 0.25) is 17.7 Å². The fourth-order valence-electron chi connectivity index (χ4n) is 7.58. The largest absolute Gasteiger partial charge is 0.375 e. The monoisotopic (exact) mass is 708 g/mol. The molecule has 6 rings (SSSR count). The number of methoxy groups -OCH3 is 1. The van der Waals surface area contributed by atoms with Gasteiger partial charge in [-0.3, -0.25) is 14.4 Å². The predicted octanol–water partition coefficient (Wildman–Crippen LogP) is 5.49. The molecule has 52 heavy (non-hydrogen) atoms. The van der Waals surface area contributed by atoms with Crippen molar-refractivity contribution in [2.45, 2.75) is 77.5 Å². The highest BCUT2D eigenvalue weighted by Crippen LogP contribution is 2.35. The van der Waals surface area contributed by atoms with Crippen molar-refractivity contribution in [3.8, 4) is 33.6 Å². The Balaban J connectivity index is 1.11. The molecule has 4 heterocycles. The molecule has 2 aliphatic rings. The van der Waals surface area contributed by atoms with E-state index in [9.17, 15) is 14.4 Å². The molecule has 4 aromatic rings. The number of likely N-dealkylation sites (tertiary alicyclic amines) is 2. The minimum absolute atomic E-state index is 0.0445. The third-order valence-corrected chi connectivity index (χ3v) is 10.4. The summed E-state index contributed by atoms with van der Waals surface area (Å²) in [5.74, 6) is 1.46. The summed E-state index contributed by atoms with van der Waals surface area (Å²) in [7, 11) is 3.31. The maximum Gasteiger partial charge on any atom is 0.246 e. The first-order valence-corrected chi connectivity index (χ1v) is 18.5. The Morgan fingerprint density at radius 1 is 0.731 bits per heavy atom. The molecule has 276 valence electrons. The first-order valence-electron chi connectivity index (χ1n) is 18.5. The summed E-state index contributed by atoms with van der Waals surface area (Å²) in [4.78, 5) is 59.4. The number of nitrogens with one attached hydrogen (secondary N) is 4. The topological polar surface area (TPSA) is 148 Å². The van der Waals surface area contributed by atoms with Gasteiger partial charge in [0.25, 0.3) is 0 Å². The van der Waals surface area contributed by atoms with Gasteiger partial charge in [0.1, 0.15) is 24.3 Å². The van der Waals surface area contributed by atoms with Crippen molar-refractivity contribution >= 4 is 17.7 Å². The van der Waals surface area contributed by atoms with Crippen molar-refractivity contribution in [3.05, 3.63) is 72.6 Å². The maximum atomic E-state index is 13.6. The van der Waals surface area contributed by atoms with E-state index in [0.29, 0.717) is 6.54 Å². The highest BCUT2D eigenvalue weighted by atomic mass is 16.5. The Labute approximate surface area is 306 Å². The van der Waals surface area contributed by atoms with Crippen LogP contribution in [0.1, 0.15) is 77.1 Å². The van der Waals surface area contributed by atoms with E-state index in [1.165, 1.54) is 7.11 Å². The molecule has 2 aliphatic heterocycles. The van der Waals surface area contributed by atoms with E-state index in [1.807, 2.05) is 43.1 Å². The van der Waals surface area contributed by atoms with Crippen molar-refractivity contribution in [3.63, 3.8) is 0 Å². The third kappa shape index (κ3) is 7.83. The molecule has 0 spiro atoms. The fraction of sp³-hybridized carbons (Fsp3) is 0.475. The zero-order valence-electron chi connectivity index (χ0n) is 31.1. The minimum atomic E-state index is -0.628. The summed E-state index contributed by atoms with van der Waals surface area (Å²) in [6.45, 7) is 9.28. The van der Waals surface area contributed by atoms with Gasteiger partial charge in [-0.15, -0.1) is 0 Å². The number of carbonyl (C=O) groups is 3. The molecular weight excluding hydrogens is 656 g/mol. The number of nitrogens with zero attached hydrogens (tertiary/aromatic N) is 4. The van der Waals surface area contributed by atoms with Crippen LogP contribution in [0.4, 0.5) is 0 Å². The number of hydrogen-bond acceptors (Lipinski definition) is 7. The highest BCUT2D eigenvalue weighted by molar-refractivity contribution is 5.88. The standard InChI is InChI=1S/C40H52N8O4/c1-24(2)35(41-5)39(50)47-19-7-9-32(47)37-42-21-30(44-37)28-15-11-26(12-16-28)27-13-17-29(18-14-27)31-22-43-38(45-31)33-10-8-20-48(33)40(51)36(25(3)4)46-34(49)23-52-6/h11-18,21-22,24-25,32-33,35-36,41H,7-10,19-20,23H2,1-6H3,(H,42,44)(H,43,45)(H,46,49)/t32-,33-,35?,36?/m0/s1. The average molecular weight is 709 g/mol. The van der Waals surface area contributed by atoms with E-state index in [4.69, 9.17) is 14.7 Å². The van der Waals surface area contributed by atoms with E-state index in [-0.39, 0.29) is 54.3 Å². The fourth-order valence-corrected chi connectivity index (χ4v) is 7.58. The van der Waals surface area contributed by atoms with Crippen molar-refractivity contribution in [2.75, 3.05) is 33.9 Å². The summed E-state index contributed by atoms with van der Waals surface area (Å²) in [5, 5.41) is 6.04. The second kappa shape index (κ2) is 16.2. The summed E-state index contributed by atoms with van der Waals surface area (Å²) in [6.07, 6.45) is 7.22. The van der Waals surface area contributed by atoms with Crippen LogP contribution in [0, 0.1) is 11.8 Å². The lowest BCUT2D eigenvalue weighted by Crippen LogP contribution is -2.51. The lowest BCUT2D eigenvalue weighted by atomic mass is 10.0. The number of hydrogen-bond donors (Lipinski definition) is 4. The Hall–Kier alpha value is -4.81. The molecule has 2 unspecified atom stereocenters. The molecule has 0 bridgehead atoms. The lowest BCUT2D eigenvalue weighted by Gasteiger charge is -2.30. The Morgan fingerprint density at radius 2 is 1.15 bits per heavy atom. The zero-order chi connectivity index (χ0) is 36.9. The molecule has 4 N–H and O–H groups in total. The van der Waals surface area contributed by atoms with Crippen LogP contribution in [-0.4, -0.2) is 93.4 Å². The van der Waals surface area contributed by atoms with Crippen LogP contribution in [0.2, 0.25) is 0 Å². The van der Waals surface area contributed by atoms with Gasteiger partial charge in [-0.2, -0.15) is 0 Å². The number of amides is 3. The molecule has 3 amide bonds. The quantitative estimate of drug-likeness (QED) is 0.144. The molecule has 4 atom stereocenters. The Morgan fingerprint density at radius 3 is 1.56 bits per heavy atom. The number of aromatic nitrogens is 4. The summed E-state index contributed by atoms with van der Waals surface area (Å²) in [5.41, 5.74) is 6.03. The van der Waals surface area contributed by atoms with Crippen LogP contribution in [-0.2, 0) is 19.1 Å². The molecule has 0 aliphatic carbocycles. The first-order chi connectivity index (χ1) is 25.1. The predicted molar refractivity (Wildman–Crippen MR) is 201 cm³/mol. The van der Waals surface area contributed by atoms with Crippen LogP contribution >= 0.6 is 0 Å². The highest BCUT2D eigenvalue weighted by Gasteiger charge is 2.38. The molecule has 0 radical (unpaired) electrons. The van der Waals surface area contributed by atoms with E-state index >= 15 is 0 Å². The summed E-state index contributed by atoms with van der Waals surface area (Å²) in [6, 6.07) is 15.7. The van der Waals surface area contributed by atoms with Gasteiger partial charge < -0.3 is 35.1 Å².